The minimum Gasteiger partial charge on any atom is -0.466 e. The van der Waals surface area contributed by atoms with E-state index in [0.29, 0.717) is 24.3 Å². The minimum atomic E-state index is -0.0569. The molecule has 0 spiro atoms. The Morgan fingerprint density at radius 1 is 1.27 bits per heavy atom. The molecule has 1 aromatic rings. The summed E-state index contributed by atoms with van der Waals surface area (Å²) in [5.74, 6) is 1.46. The zero-order valence-electron chi connectivity index (χ0n) is 14.0. The molecule has 0 radical (unpaired) electrons. The van der Waals surface area contributed by atoms with Gasteiger partial charge in [0.15, 0.2) is 0 Å². The Hall–Kier alpha value is -1.78. The van der Waals surface area contributed by atoms with E-state index < -0.39 is 0 Å². The molecule has 5 nitrogen and oxygen atoms in total. The highest BCUT2D eigenvalue weighted by atomic mass is 16.3. The Morgan fingerprint density at radius 2 is 1.91 bits per heavy atom. The van der Waals surface area contributed by atoms with E-state index in [1.165, 1.54) is 0 Å². The molecule has 0 unspecified atom stereocenters. The van der Waals surface area contributed by atoms with Gasteiger partial charge in [0.05, 0.1) is 5.56 Å². The second-order valence-corrected chi connectivity index (χ2v) is 6.26. The molecular formula is C17H26N2O3. The van der Waals surface area contributed by atoms with Crippen LogP contribution in [-0.2, 0) is 4.79 Å². The van der Waals surface area contributed by atoms with Crippen LogP contribution in [0.3, 0.4) is 0 Å². The van der Waals surface area contributed by atoms with E-state index >= 15 is 0 Å². The normalized spacial score (nSPS) is 14.7. The molecule has 22 heavy (non-hydrogen) atoms. The molecule has 1 fully saturated rings. The predicted octanol–water partition coefficient (Wildman–Crippen LogP) is 2.76. The van der Waals surface area contributed by atoms with Crippen molar-refractivity contribution in [3.8, 4) is 0 Å². The smallest absolute Gasteiger partial charge is 0.257 e. The summed E-state index contributed by atoms with van der Waals surface area (Å²) in [7, 11) is 0. The SMILES string of the molecule is Cc1cc(C(=O)N(CCC(=O)N2CCCC2)C(C)C)c(C)o1. The van der Waals surface area contributed by atoms with Gasteiger partial charge in [-0.3, -0.25) is 9.59 Å². The average Bonchev–Trinajstić information content (AvgIpc) is 3.07. The van der Waals surface area contributed by atoms with Crippen molar-refractivity contribution in [3.63, 3.8) is 0 Å². The first-order valence-electron chi connectivity index (χ1n) is 8.06. The van der Waals surface area contributed by atoms with E-state index in [9.17, 15) is 9.59 Å². The van der Waals surface area contributed by atoms with Crippen LogP contribution in [0.2, 0.25) is 0 Å². The Balaban J connectivity index is 2.01. The van der Waals surface area contributed by atoms with Crippen LogP contribution >= 0.6 is 0 Å². The monoisotopic (exact) mass is 306 g/mol. The van der Waals surface area contributed by atoms with E-state index in [-0.39, 0.29) is 17.9 Å². The van der Waals surface area contributed by atoms with E-state index in [0.717, 1.165) is 31.7 Å². The molecule has 2 heterocycles. The lowest BCUT2D eigenvalue weighted by molar-refractivity contribution is -0.130. The topological polar surface area (TPSA) is 53.8 Å². The maximum Gasteiger partial charge on any atom is 0.257 e. The van der Waals surface area contributed by atoms with Gasteiger partial charge in [-0.25, -0.2) is 0 Å². The number of furan rings is 1. The first-order chi connectivity index (χ1) is 10.4. The van der Waals surface area contributed by atoms with Crippen LogP contribution in [0.5, 0.6) is 0 Å². The summed E-state index contributed by atoms with van der Waals surface area (Å²) in [6.45, 7) is 9.74. The van der Waals surface area contributed by atoms with Gasteiger partial charge in [0.1, 0.15) is 11.5 Å². The van der Waals surface area contributed by atoms with E-state index in [4.69, 9.17) is 4.42 Å². The minimum absolute atomic E-state index is 0.0495. The molecule has 0 saturated carbocycles. The molecule has 1 aliphatic rings. The maximum absolute atomic E-state index is 12.7. The van der Waals surface area contributed by atoms with Crippen LogP contribution in [0.15, 0.2) is 10.5 Å². The van der Waals surface area contributed by atoms with Gasteiger partial charge in [-0.1, -0.05) is 0 Å². The molecule has 0 bridgehead atoms. The summed E-state index contributed by atoms with van der Waals surface area (Å²) >= 11 is 0. The fourth-order valence-electron chi connectivity index (χ4n) is 2.93. The molecule has 0 N–H and O–H groups in total. The highest BCUT2D eigenvalue weighted by molar-refractivity contribution is 5.95. The summed E-state index contributed by atoms with van der Waals surface area (Å²) in [6, 6.07) is 1.82. The van der Waals surface area contributed by atoms with Crippen LogP contribution in [0.4, 0.5) is 0 Å². The third kappa shape index (κ3) is 3.70. The largest absolute Gasteiger partial charge is 0.466 e. The second-order valence-electron chi connectivity index (χ2n) is 6.26. The summed E-state index contributed by atoms with van der Waals surface area (Å²) in [4.78, 5) is 28.5. The lowest BCUT2D eigenvalue weighted by Gasteiger charge is -2.27. The number of hydrogen-bond donors (Lipinski definition) is 0. The number of likely N-dealkylation sites (tertiary alicyclic amines) is 1. The van der Waals surface area contributed by atoms with Crippen LogP contribution in [0.25, 0.3) is 0 Å². The van der Waals surface area contributed by atoms with Crippen LogP contribution in [0, 0.1) is 13.8 Å². The zero-order chi connectivity index (χ0) is 16.3. The summed E-state index contributed by atoms with van der Waals surface area (Å²) in [5.41, 5.74) is 0.597. The van der Waals surface area contributed by atoms with Gasteiger partial charge in [-0.05, 0) is 46.6 Å². The van der Waals surface area contributed by atoms with Crippen molar-refractivity contribution in [2.24, 2.45) is 0 Å². The van der Waals surface area contributed by atoms with Crippen molar-refractivity contribution in [3.05, 3.63) is 23.2 Å². The lowest BCUT2D eigenvalue weighted by Crippen LogP contribution is -2.40. The van der Waals surface area contributed by atoms with Gasteiger partial charge in [-0.2, -0.15) is 0 Å². The third-order valence-electron chi connectivity index (χ3n) is 4.18. The Labute approximate surface area is 132 Å². The standard InChI is InChI=1S/C17H26N2O3/c1-12(2)19(10-7-16(20)18-8-5-6-9-18)17(21)15-11-13(3)22-14(15)4/h11-12H,5-10H2,1-4H3. The van der Waals surface area contributed by atoms with Crippen molar-refractivity contribution in [1.29, 1.82) is 0 Å². The number of nitrogens with zero attached hydrogens (tertiary/aromatic N) is 2. The Bertz CT molecular complexity index is 542. The predicted molar refractivity (Wildman–Crippen MR) is 84.8 cm³/mol. The van der Waals surface area contributed by atoms with E-state index in [1.807, 2.05) is 25.7 Å². The van der Waals surface area contributed by atoms with Crippen LogP contribution in [-0.4, -0.2) is 47.3 Å². The first kappa shape index (κ1) is 16.6. The van der Waals surface area contributed by atoms with Crippen molar-refractivity contribution < 1.29 is 14.0 Å². The molecule has 1 saturated heterocycles. The lowest BCUT2D eigenvalue weighted by atomic mass is 10.1. The van der Waals surface area contributed by atoms with Crippen molar-refractivity contribution in [2.45, 2.75) is 53.0 Å². The van der Waals surface area contributed by atoms with Gasteiger partial charge in [-0.15, -0.1) is 0 Å². The van der Waals surface area contributed by atoms with Gasteiger partial charge in [0.25, 0.3) is 5.91 Å². The van der Waals surface area contributed by atoms with E-state index in [2.05, 4.69) is 0 Å². The molecule has 1 aromatic heterocycles. The fourth-order valence-corrected chi connectivity index (χ4v) is 2.93. The molecule has 5 heteroatoms. The highest BCUT2D eigenvalue weighted by Gasteiger charge is 2.25. The number of carbonyl (C=O) groups excluding carboxylic acids is 2. The number of aryl methyl sites for hydroxylation is 2. The average molecular weight is 306 g/mol. The summed E-state index contributed by atoms with van der Waals surface area (Å²) < 4.78 is 5.45. The van der Waals surface area contributed by atoms with E-state index in [1.54, 1.807) is 17.9 Å². The maximum atomic E-state index is 12.7. The van der Waals surface area contributed by atoms with Crippen LogP contribution in [0.1, 0.15) is 55.0 Å². The number of hydrogen-bond acceptors (Lipinski definition) is 3. The number of rotatable bonds is 5. The van der Waals surface area contributed by atoms with Crippen molar-refractivity contribution in [2.75, 3.05) is 19.6 Å². The molecular weight excluding hydrogens is 280 g/mol. The third-order valence-corrected chi connectivity index (χ3v) is 4.18. The molecule has 2 amide bonds. The Morgan fingerprint density at radius 3 is 2.41 bits per heavy atom. The van der Waals surface area contributed by atoms with Crippen molar-refractivity contribution >= 4 is 11.8 Å². The molecule has 0 aliphatic carbocycles. The van der Waals surface area contributed by atoms with Gasteiger partial charge >= 0.3 is 0 Å². The van der Waals surface area contributed by atoms with Gasteiger partial charge in [0.2, 0.25) is 5.91 Å². The summed E-state index contributed by atoms with van der Waals surface area (Å²) in [5, 5.41) is 0. The zero-order valence-corrected chi connectivity index (χ0v) is 14.0. The molecule has 122 valence electrons. The highest BCUT2D eigenvalue weighted by Crippen LogP contribution is 2.18. The molecule has 0 aromatic carbocycles. The molecule has 2 rings (SSSR count). The second kappa shape index (κ2) is 6.99. The first-order valence-corrected chi connectivity index (χ1v) is 8.06. The van der Waals surface area contributed by atoms with Crippen LogP contribution < -0.4 is 0 Å². The van der Waals surface area contributed by atoms with Gasteiger partial charge < -0.3 is 14.2 Å². The van der Waals surface area contributed by atoms with Gasteiger partial charge in [0, 0.05) is 32.1 Å². The van der Waals surface area contributed by atoms with Crippen molar-refractivity contribution in [1.82, 2.24) is 9.80 Å². The quantitative estimate of drug-likeness (QED) is 0.840. The fraction of sp³-hybridized carbons (Fsp3) is 0.647. The summed E-state index contributed by atoms with van der Waals surface area (Å²) in [6.07, 6.45) is 2.57. The Kier molecular flexibility index (Phi) is 5.27. The molecule has 1 aliphatic heterocycles. The number of carbonyl (C=O) groups is 2. The number of amides is 2. The molecule has 0 atom stereocenters.